The first-order valence-electron chi connectivity index (χ1n) is 7.37. The van der Waals surface area contributed by atoms with Crippen LogP contribution in [0.3, 0.4) is 0 Å². The Hall–Kier alpha value is -2.18. The van der Waals surface area contributed by atoms with E-state index in [1.165, 1.54) is 0 Å². The molecule has 0 saturated carbocycles. The third-order valence-corrected chi connectivity index (χ3v) is 4.22. The number of carbonyl (C=O) groups is 1. The van der Waals surface area contributed by atoms with Crippen LogP contribution in [-0.2, 0) is 4.79 Å². The van der Waals surface area contributed by atoms with Crippen LogP contribution in [0.5, 0.6) is 0 Å². The van der Waals surface area contributed by atoms with Gasteiger partial charge in [-0.25, -0.2) is 0 Å². The zero-order chi connectivity index (χ0) is 16.2. The Morgan fingerprint density at radius 3 is 2.96 bits per heavy atom. The number of fused-ring (bicyclic) bond motifs is 1. The number of amides is 1. The van der Waals surface area contributed by atoms with Crippen molar-refractivity contribution in [3.63, 3.8) is 0 Å². The number of aromatic nitrogens is 2. The molecule has 1 aromatic heterocycles. The van der Waals surface area contributed by atoms with Crippen molar-refractivity contribution in [3.8, 4) is 0 Å². The molecule has 1 atom stereocenters. The zero-order valence-electron chi connectivity index (χ0n) is 12.4. The lowest BCUT2D eigenvalue weighted by molar-refractivity contribution is -0.117. The van der Waals surface area contributed by atoms with Crippen LogP contribution in [-0.4, -0.2) is 22.6 Å². The van der Waals surface area contributed by atoms with Crippen molar-refractivity contribution < 1.29 is 4.79 Å². The molecule has 0 bridgehead atoms. The molecule has 3 rings (SSSR count). The number of benzene rings is 2. The van der Waals surface area contributed by atoms with Crippen LogP contribution in [0.4, 0.5) is 5.69 Å². The highest BCUT2D eigenvalue weighted by atomic mass is 79.9. The van der Waals surface area contributed by atoms with Gasteiger partial charge in [-0.15, -0.1) is 0 Å². The third-order valence-electron chi connectivity index (χ3n) is 3.73. The maximum atomic E-state index is 12.7. The van der Waals surface area contributed by atoms with Gasteiger partial charge >= 0.3 is 0 Å². The smallest absolute Gasteiger partial charge is 0.231 e. The number of rotatable bonds is 5. The summed E-state index contributed by atoms with van der Waals surface area (Å²) in [5.74, 6) is -0.339. The van der Waals surface area contributed by atoms with Gasteiger partial charge in [0, 0.05) is 15.5 Å². The topological polar surface area (TPSA) is 83.8 Å². The molecule has 1 amide bonds. The van der Waals surface area contributed by atoms with Crippen molar-refractivity contribution in [1.29, 1.82) is 0 Å². The highest BCUT2D eigenvalue weighted by Crippen LogP contribution is 2.25. The highest BCUT2D eigenvalue weighted by Gasteiger charge is 2.20. The van der Waals surface area contributed by atoms with Gasteiger partial charge in [0.2, 0.25) is 5.91 Å². The third kappa shape index (κ3) is 3.60. The van der Waals surface area contributed by atoms with E-state index in [2.05, 4.69) is 31.4 Å². The van der Waals surface area contributed by atoms with Crippen molar-refractivity contribution in [2.24, 2.45) is 5.73 Å². The minimum absolute atomic E-state index is 0.0589. The SMILES string of the molecule is NCCC(C(=O)Nc1ccc2[nH]ncc2c1)c1cccc(Br)c1. The van der Waals surface area contributed by atoms with E-state index in [1.807, 2.05) is 42.5 Å². The summed E-state index contributed by atoms with van der Waals surface area (Å²) in [7, 11) is 0. The number of anilines is 1. The van der Waals surface area contributed by atoms with E-state index in [1.54, 1.807) is 6.20 Å². The Kier molecular flexibility index (Phi) is 4.73. The summed E-state index contributed by atoms with van der Waals surface area (Å²) in [5, 5.41) is 10.8. The molecule has 0 aliphatic rings. The number of nitrogens with zero attached hydrogens (tertiary/aromatic N) is 1. The zero-order valence-corrected chi connectivity index (χ0v) is 14.0. The predicted octanol–water partition coefficient (Wildman–Crippen LogP) is 3.40. The molecule has 0 fully saturated rings. The van der Waals surface area contributed by atoms with Crippen LogP contribution < -0.4 is 11.1 Å². The molecule has 4 N–H and O–H groups in total. The fourth-order valence-corrected chi connectivity index (χ4v) is 3.01. The van der Waals surface area contributed by atoms with E-state index in [9.17, 15) is 4.79 Å². The lowest BCUT2D eigenvalue weighted by atomic mass is 9.94. The van der Waals surface area contributed by atoms with Crippen molar-refractivity contribution >= 4 is 38.4 Å². The molecule has 5 nitrogen and oxygen atoms in total. The summed E-state index contributed by atoms with van der Waals surface area (Å²) in [6.07, 6.45) is 2.33. The largest absolute Gasteiger partial charge is 0.330 e. The van der Waals surface area contributed by atoms with Gasteiger partial charge in [-0.1, -0.05) is 28.1 Å². The number of aromatic amines is 1. The molecular weight excluding hydrogens is 356 g/mol. The summed E-state index contributed by atoms with van der Waals surface area (Å²) in [5.41, 5.74) is 8.33. The van der Waals surface area contributed by atoms with Crippen LogP contribution in [0.2, 0.25) is 0 Å². The molecule has 0 spiro atoms. The van der Waals surface area contributed by atoms with Crippen molar-refractivity contribution in [2.75, 3.05) is 11.9 Å². The van der Waals surface area contributed by atoms with Crippen molar-refractivity contribution in [1.82, 2.24) is 10.2 Å². The van der Waals surface area contributed by atoms with Crippen molar-refractivity contribution in [2.45, 2.75) is 12.3 Å². The van der Waals surface area contributed by atoms with Crippen LogP contribution >= 0.6 is 15.9 Å². The normalized spacial score (nSPS) is 12.3. The number of H-pyrrole nitrogens is 1. The Balaban J connectivity index is 1.83. The molecule has 118 valence electrons. The number of hydrogen-bond donors (Lipinski definition) is 3. The van der Waals surface area contributed by atoms with Gasteiger partial charge in [0.05, 0.1) is 17.6 Å². The summed E-state index contributed by atoms with van der Waals surface area (Å²) >= 11 is 3.45. The molecule has 2 aromatic carbocycles. The van der Waals surface area contributed by atoms with Gasteiger partial charge < -0.3 is 11.1 Å². The van der Waals surface area contributed by atoms with Gasteiger partial charge in [-0.05, 0) is 48.9 Å². The molecule has 23 heavy (non-hydrogen) atoms. The molecule has 1 unspecified atom stereocenters. The first-order chi connectivity index (χ1) is 11.2. The first-order valence-corrected chi connectivity index (χ1v) is 8.16. The minimum Gasteiger partial charge on any atom is -0.330 e. The lowest BCUT2D eigenvalue weighted by Gasteiger charge is -2.17. The predicted molar refractivity (Wildman–Crippen MR) is 95.3 cm³/mol. The van der Waals surface area contributed by atoms with Crippen LogP contribution in [0.25, 0.3) is 10.9 Å². The van der Waals surface area contributed by atoms with Crippen molar-refractivity contribution in [3.05, 3.63) is 58.7 Å². The second kappa shape index (κ2) is 6.93. The molecule has 0 radical (unpaired) electrons. The molecule has 0 saturated heterocycles. The molecule has 6 heteroatoms. The molecule has 3 aromatic rings. The molecule has 0 aliphatic heterocycles. The van der Waals surface area contributed by atoms with Gasteiger partial charge in [0.15, 0.2) is 0 Å². The van der Waals surface area contributed by atoms with Gasteiger partial charge in [0.25, 0.3) is 0 Å². The van der Waals surface area contributed by atoms with Gasteiger partial charge in [-0.2, -0.15) is 5.10 Å². The summed E-state index contributed by atoms with van der Waals surface area (Å²) in [6.45, 7) is 0.450. The average Bonchev–Trinajstić information content (AvgIpc) is 3.00. The van der Waals surface area contributed by atoms with Crippen LogP contribution in [0.15, 0.2) is 53.1 Å². The summed E-state index contributed by atoms with van der Waals surface area (Å²) in [4.78, 5) is 12.7. The monoisotopic (exact) mass is 372 g/mol. The Bertz CT molecular complexity index is 830. The van der Waals surface area contributed by atoms with E-state index in [-0.39, 0.29) is 11.8 Å². The number of carbonyl (C=O) groups excluding carboxylic acids is 1. The molecule has 1 heterocycles. The standard InChI is InChI=1S/C17H17BrN4O/c18-13-3-1-2-11(8-13)15(6-7-19)17(23)21-14-4-5-16-12(9-14)10-20-22-16/h1-5,8-10,15H,6-7,19H2,(H,20,22)(H,21,23). The fraction of sp³-hybridized carbons (Fsp3) is 0.176. The maximum Gasteiger partial charge on any atom is 0.231 e. The number of nitrogens with one attached hydrogen (secondary N) is 2. The number of halogens is 1. The Morgan fingerprint density at radius 2 is 2.17 bits per heavy atom. The van der Waals surface area contributed by atoms with E-state index in [4.69, 9.17) is 5.73 Å². The van der Waals surface area contributed by atoms with Gasteiger partial charge in [0.1, 0.15) is 0 Å². The van der Waals surface area contributed by atoms with Crippen LogP contribution in [0, 0.1) is 0 Å². The molecule has 0 aliphatic carbocycles. The fourth-order valence-electron chi connectivity index (χ4n) is 2.59. The van der Waals surface area contributed by atoms with Gasteiger partial charge in [-0.3, -0.25) is 9.89 Å². The first kappa shape index (κ1) is 15.7. The van der Waals surface area contributed by atoms with Crippen LogP contribution in [0.1, 0.15) is 17.9 Å². The minimum atomic E-state index is -0.280. The van der Waals surface area contributed by atoms with E-state index >= 15 is 0 Å². The van der Waals surface area contributed by atoms with E-state index < -0.39 is 0 Å². The summed E-state index contributed by atoms with van der Waals surface area (Å²) < 4.78 is 0.949. The quantitative estimate of drug-likeness (QED) is 0.641. The lowest BCUT2D eigenvalue weighted by Crippen LogP contribution is -2.23. The second-order valence-electron chi connectivity index (χ2n) is 5.35. The summed E-state index contributed by atoms with van der Waals surface area (Å²) in [6, 6.07) is 13.4. The average molecular weight is 373 g/mol. The van der Waals surface area contributed by atoms with E-state index in [0.29, 0.717) is 13.0 Å². The highest BCUT2D eigenvalue weighted by molar-refractivity contribution is 9.10. The Labute approximate surface area is 142 Å². The molecular formula is C17H17BrN4O. The number of hydrogen-bond acceptors (Lipinski definition) is 3. The Morgan fingerprint density at radius 1 is 1.30 bits per heavy atom. The van der Waals surface area contributed by atoms with E-state index in [0.717, 1.165) is 26.6 Å². The second-order valence-corrected chi connectivity index (χ2v) is 6.26. The maximum absolute atomic E-state index is 12.7. The number of nitrogens with two attached hydrogens (primary N) is 1.